The van der Waals surface area contributed by atoms with Crippen LogP contribution in [-0.4, -0.2) is 30.1 Å². The van der Waals surface area contributed by atoms with E-state index < -0.39 is 12.0 Å². The van der Waals surface area contributed by atoms with Gasteiger partial charge in [0.2, 0.25) is 5.91 Å². The molecular weight excluding hydrogens is 244 g/mol. The van der Waals surface area contributed by atoms with Crippen LogP contribution in [0.25, 0.3) is 0 Å². The first-order valence-electron chi connectivity index (χ1n) is 6.38. The molecule has 1 fully saturated rings. The molecule has 1 heterocycles. The van der Waals surface area contributed by atoms with Crippen molar-refractivity contribution in [3.05, 3.63) is 35.9 Å². The summed E-state index contributed by atoms with van der Waals surface area (Å²) >= 11 is 0. The van der Waals surface area contributed by atoms with Gasteiger partial charge in [-0.2, -0.15) is 0 Å². The Morgan fingerprint density at radius 2 is 1.95 bits per heavy atom. The number of hydrogen-bond acceptors (Lipinski definition) is 3. The summed E-state index contributed by atoms with van der Waals surface area (Å²) < 4.78 is 0. The third-order valence-electron chi connectivity index (χ3n) is 3.60. The van der Waals surface area contributed by atoms with Crippen LogP contribution in [0.5, 0.6) is 0 Å². The Morgan fingerprint density at radius 3 is 2.42 bits per heavy atom. The number of benzene rings is 1. The zero-order valence-electron chi connectivity index (χ0n) is 10.8. The van der Waals surface area contributed by atoms with Gasteiger partial charge in [-0.05, 0) is 24.6 Å². The highest BCUT2D eigenvalue weighted by Gasteiger charge is 2.31. The number of amides is 1. The fourth-order valence-electron chi connectivity index (χ4n) is 2.09. The highest BCUT2D eigenvalue weighted by atomic mass is 16.4. The lowest BCUT2D eigenvalue weighted by molar-refractivity contribution is -0.143. The normalized spacial score (nSPS) is 18.2. The maximum atomic E-state index is 12.1. The zero-order valence-corrected chi connectivity index (χ0v) is 10.8. The highest BCUT2D eigenvalue weighted by molar-refractivity contribution is 5.85. The molecule has 5 nitrogen and oxygen atoms in total. The SMILES string of the molecule is CC(C(=O)N[C@H](C(=O)O)c1ccccc1)C1CNC1. The molecule has 3 N–H and O–H groups in total. The Hall–Kier alpha value is -1.88. The molecule has 2 atom stereocenters. The van der Waals surface area contributed by atoms with E-state index in [9.17, 15) is 14.7 Å². The lowest BCUT2D eigenvalue weighted by atomic mass is 9.88. The van der Waals surface area contributed by atoms with Crippen molar-refractivity contribution in [1.82, 2.24) is 10.6 Å². The Morgan fingerprint density at radius 1 is 1.32 bits per heavy atom. The molecule has 0 spiro atoms. The third kappa shape index (κ3) is 3.12. The van der Waals surface area contributed by atoms with Crippen LogP contribution in [0.1, 0.15) is 18.5 Å². The molecule has 0 radical (unpaired) electrons. The summed E-state index contributed by atoms with van der Waals surface area (Å²) in [6.45, 7) is 3.47. The standard InChI is InChI=1S/C14H18N2O3/c1-9(11-7-15-8-11)13(17)16-12(14(18)19)10-5-3-2-4-6-10/h2-6,9,11-12,15H,7-8H2,1H3,(H,16,17)(H,18,19)/t9?,12-/m0/s1. The number of aliphatic carboxylic acids is 1. The average Bonchev–Trinajstić information content (AvgIpc) is 2.34. The monoisotopic (exact) mass is 262 g/mol. The van der Waals surface area contributed by atoms with E-state index in [0.29, 0.717) is 11.5 Å². The number of rotatable bonds is 5. The summed E-state index contributed by atoms with van der Waals surface area (Å²) in [4.78, 5) is 23.3. The van der Waals surface area contributed by atoms with Crippen LogP contribution in [0.15, 0.2) is 30.3 Å². The van der Waals surface area contributed by atoms with Crippen molar-refractivity contribution in [2.75, 3.05) is 13.1 Å². The molecule has 19 heavy (non-hydrogen) atoms. The number of carboxylic acid groups (broad SMARTS) is 1. The Balaban J connectivity index is 2.04. The molecular formula is C14H18N2O3. The van der Waals surface area contributed by atoms with Gasteiger partial charge in [0.1, 0.15) is 0 Å². The van der Waals surface area contributed by atoms with Crippen LogP contribution in [0, 0.1) is 11.8 Å². The van der Waals surface area contributed by atoms with E-state index in [1.165, 1.54) is 0 Å². The zero-order chi connectivity index (χ0) is 13.8. The molecule has 1 unspecified atom stereocenters. The van der Waals surface area contributed by atoms with Crippen molar-refractivity contribution in [3.8, 4) is 0 Å². The maximum absolute atomic E-state index is 12.1. The number of carboxylic acids is 1. The summed E-state index contributed by atoms with van der Waals surface area (Å²) in [5, 5.41) is 15.0. The molecule has 1 aromatic carbocycles. The maximum Gasteiger partial charge on any atom is 0.330 e. The summed E-state index contributed by atoms with van der Waals surface area (Å²) in [6, 6.07) is 7.76. The topological polar surface area (TPSA) is 78.4 Å². The van der Waals surface area contributed by atoms with E-state index in [1.54, 1.807) is 24.3 Å². The smallest absolute Gasteiger partial charge is 0.330 e. The van der Waals surface area contributed by atoms with E-state index in [2.05, 4.69) is 10.6 Å². The number of hydrogen-bond donors (Lipinski definition) is 3. The summed E-state index contributed by atoms with van der Waals surface area (Å²) in [6.07, 6.45) is 0. The first-order chi connectivity index (χ1) is 9.09. The Bertz CT molecular complexity index is 457. The molecule has 0 aliphatic carbocycles. The molecule has 2 rings (SSSR count). The van der Waals surface area contributed by atoms with Crippen molar-refractivity contribution >= 4 is 11.9 Å². The molecule has 0 aromatic heterocycles. The van der Waals surface area contributed by atoms with Crippen LogP contribution in [-0.2, 0) is 9.59 Å². The second kappa shape index (κ2) is 5.84. The van der Waals surface area contributed by atoms with Crippen LogP contribution in [0.2, 0.25) is 0 Å². The van der Waals surface area contributed by atoms with E-state index >= 15 is 0 Å². The predicted molar refractivity (Wildman–Crippen MR) is 70.5 cm³/mol. The Kier molecular flexibility index (Phi) is 4.16. The number of carbonyl (C=O) groups is 2. The quantitative estimate of drug-likeness (QED) is 0.733. The van der Waals surface area contributed by atoms with Gasteiger partial charge in [-0.3, -0.25) is 4.79 Å². The van der Waals surface area contributed by atoms with E-state index in [-0.39, 0.29) is 11.8 Å². The van der Waals surface area contributed by atoms with Gasteiger partial charge >= 0.3 is 5.97 Å². The Labute approximate surface area is 112 Å². The molecule has 1 aromatic rings. The van der Waals surface area contributed by atoms with Crippen molar-refractivity contribution in [2.24, 2.45) is 11.8 Å². The number of carbonyl (C=O) groups excluding carboxylic acids is 1. The van der Waals surface area contributed by atoms with Crippen molar-refractivity contribution in [3.63, 3.8) is 0 Å². The molecule has 0 saturated carbocycles. The van der Waals surface area contributed by atoms with Gasteiger partial charge in [-0.25, -0.2) is 4.79 Å². The molecule has 5 heteroatoms. The van der Waals surface area contributed by atoms with Gasteiger partial charge in [-0.15, -0.1) is 0 Å². The van der Waals surface area contributed by atoms with Gasteiger partial charge in [0.25, 0.3) is 0 Å². The lowest BCUT2D eigenvalue weighted by Gasteiger charge is -2.32. The fraction of sp³-hybridized carbons (Fsp3) is 0.429. The molecule has 1 saturated heterocycles. The van der Waals surface area contributed by atoms with Crippen LogP contribution in [0.3, 0.4) is 0 Å². The number of nitrogens with one attached hydrogen (secondary N) is 2. The summed E-state index contributed by atoms with van der Waals surface area (Å²) in [5.74, 6) is -1.13. The summed E-state index contributed by atoms with van der Waals surface area (Å²) in [7, 11) is 0. The first-order valence-corrected chi connectivity index (χ1v) is 6.38. The second-order valence-electron chi connectivity index (χ2n) is 4.90. The van der Waals surface area contributed by atoms with Crippen molar-refractivity contribution < 1.29 is 14.7 Å². The molecule has 102 valence electrons. The van der Waals surface area contributed by atoms with Gasteiger partial charge in [0.15, 0.2) is 6.04 Å². The van der Waals surface area contributed by atoms with Crippen molar-refractivity contribution in [1.29, 1.82) is 0 Å². The molecule has 1 aliphatic heterocycles. The molecule has 0 bridgehead atoms. The van der Waals surface area contributed by atoms with Crippen LogP contribution >= 0.6 is 0 Å². The fourth-order valence-corrected chi connectivity index (χ4v) is 2.09. The largest absolute Gasteiger partial charge is 0.479 e. The van der Waals surface area contributed by atoms with Gasteiger partial charge in [0, 0.05) is 5.92 Å². The average molecular weight is 262 g/mol. The lowest BCUT2D eigenvalue weighted by Crippen LogP contribution is -2.50. The van der Waals surface area contributed by atoms with Crippen LogP contribution in [0.4, 0.5) is 0 Å². The minimum Gasteiger partial charge on any atom is -0.479 e. The summed E-state index contributed by atoms with van der Waals surface area (Å²) in [5.41, 5.74) is 0.585. The highest BCUT2D eigenvalue weighted by Crippen LogP contribution is 2.19. The van der Waals surface area contributed by atoms with Crippen LogP contribution < -0.4 is 10.6 Å². The minimum absolute atomic E-state index is 0.174. The van der Waals surface area contributed by atoms with Gasteiger partial charge < -0.3 is 15.7 Å². The molecule has 1 aliphatic rings. The van der Waals surface area contributed by atoms with Gasteiger partial charge in [0.05, 0.1) is 0 Å². The first kappa shape index (κ1) is 13.5. The second-order valence-corrected chi connectivity index (χ2v) is 4.90. The van der Waals surface area contributed by atoms with Crippen molar-refractivity contribution in [2.45, 2.75) is 13.0 Å². The molecule has 1 amide bonds. The predicted octanol–water partition coefficient (Wildman–Crippen LogP) is 0.784. The minimum atomic E-state index is -1.04. The van der Waals surface area contributed by atoms with E-state index in [4.69, 9.17) is 0 Å². The van der Waals surface area contributed by atoms with E-state index in [0.717, 1.165) is 13.1 Å². The third-order valence-corrected chi connectivity index (χ3v) is 3.60. The van der Waals surface area contributed by atoms with Gasteiger partial charge in [-0.1, -0.05) is 37.3 Å². The van der Waals surface area contributed by atoms with E-state index in [1.807, 2.05) is 13.0 Å².